The fourth-order valence-electron chi connectivity index (χ4n) is 1.45. The van der Waals surface area contributed by atoms with Gasteiger partial charge in [-0.1, -0.05) is 5.16 Å². The van der Waals surface area contributed by atoms with Crippen molar-refractivity contribution in [3.8, 4) is 0 Å². The molecule has 1 aliphatic heterocycles. The van der Waals surface area contributed by atoms with E-state index in [2.05, 4.69) is 26.1 Å². The molecule has 1 unspecified atom stereocenters. The third-order valence-corrected chi connectivity index (χ3v) is 2.31. The number of carbonyl (C=O) groups is 2. The van der Waals surface area contributed by atoms with Crippen LogP contribution >= 0.6 is 0 Å². The first-order valence-corrected chi connectivity index (χ1v) is 5.22. The lowest BCUT2D eigenvalue weighted by Gasteiger charge is -2.22. The van der Waals surface area contributed by atoms with Gasteiger partial charge in [-0.15, -0.1) is 0 Å². The van der Waals surface area contributed by atoms with Crippen LogP contribution in [0.4, 0.5) is 0 Å². The first kappa shape index (κ1) is 11.5. The summed E-state index contributed by atoms with van der Waals surface area (Å²) in [5.74, 6) is 0.565. The van der Waals surface area contributed by atoms with Crippen LogP contribution in [0.25, 0.3) is 0 Å². The number of aromatic nitrogens is 2. The van der Waals surface area contributed by atoms with Gasteiger partial charge in [-0.2, -0.15) is 4.98 Å². The first-order valence-electron chi connectivity index (χ1n) is 5.22. The van der Waals surface area contributed by atoms with Crippen molar-refractivity contribution in [2.45, 2.75) is 19.5 Å². The Labute approximate surface area is 97.1 Å². The highest BCUT2D eigenvalue weighted by Crippen LogP contribution is 1.95. The molecule has 17 heavy (non-hydrogen) atoms. The van der Waals surface area contributed by atoms with Gasteiger partial charge in [0.15, 0.2) is 5.82 Å². The molecule has 1 aromatic heterocycles. The smallest absolute Gasteiger partial charge is 0.246 e. The third kappa shape index (κ3) is 3.00. The van der Waals surface area contributed by atoms with E-state index >= 15 is 0 Å². The molecule has 0 saturated carbocycles. The van der Waals surface area contributed by atoms with Crippen molar-refractivity contribution in [2.24, 2.45) is 0 Å². The number of amides is 2. The Hall–Kier alpha value is -1.96. The van der Waals surface area contributed by atoms with E-state index in [9.17, 15) is 9.59 Å². The zero-order valence-corrected chi connectivity index (χ0v) is 9.32. The lowest BCUT2D eigenvalue weighted by Crippen LogP contribution is -2.57. The molecule has 8 heteroatoms. The number of rotatable bonds is 3. The van der Waals surface area contributed by atoms with Crippen molar-refractivity contribution in [3.63, 3.8) is 0 Å². The van der Waals surface area contributed by atoms with E-state index < -0.39 is 6.04 Å². The van der Waals surface area contributed by atoms with E-state index in [0.717, 1.165) is 0 Å². The average molecular weight is 239 g/mol. The number of carbonyl (C=O) groups excluding carboxylic acids is 2. The molecule has 0 spiro atoms. The monoisotopic (exact) mass is 239 g/mol. The van der Waals surface area contributed by atoms with Gasteiger partial charge in [0.05, 0.1) is 13.1 Å². The molecule has 0 bridgehead atoms. The van der Waals surface area contributed by atoms with E-state index in [1.807, 2.05) is 0 Å². The maximum atomic E-state index is 11.7. The summed E-state index contributed by atoms with van der Waals surface area (Å²) in [6, 6.07) is -0.420. The van der Waals surface area contributed by atoms with E-state index in [1.54, 1.807) is 6.92 Å². The Kier molecular flexibility index (Phi) is 3.33. The summed E-state index contributed by atoms with van der Waals surface area (Å²) in [5, 5.41) is 11.7. The molecule has 1 aliphatic rings. The minimum absolute atomic E-state index is 0.110. The van der Waals surface area contributed by atoms with Crippen LogP contribution < -0.4 is 16.0 Å². The van der Waals surface area contributed by atoms with Crippen molar-refractivity contribution < 1.29 is 14.1 Å². The van der Waals surface area contributed by atoms with Gasteiger partial charge in [0, 0.05) is 6.54 Å². The van der Waals surface area contributed by atoms with Gasteiger partial charge in [0.25, 0.3) is 0 Å². The van der Waals surface area contributed by atoms with Crippen LogP contribution in [-0.4, -0.2) is 41.1 Å². The fraction of sp³-hybridized carbons (Fsp3) is 0.556. The van der Waals surface area contributed by atoms with Crippen molar-refractivity contribution in [3.05, 3.63) is 11.7 Å². The fourth-order valence-corrected chi connectivity index (χ4v) is 1.45. The summed E-state index contributed by atoms with van der Waals surface area (Å²) < 4.78 is 4.85. The molecule has 3 N–H and O–H groups in total. The van der Waals surface area contributed by atoms with Crippen molar-refractivity contribution in [1.82, 2.24) is 26.1 Å². The van der Waals surface area contributed by atoms with Crippen LogP contribution in [0.2, 0.25) is 0 Å². The molecule has 8 nitrogen and oxygen atoms in total. The predicted octanol–water partition coefficient (Wildman–Crippen LogP) is -1.92. The average Bonchev–Trinajstić information content (AvgIpc) is 2.73. The molecule has 1 atom stereocenters. The van der Waals surface area contributed by atoms with Crippen LogP contribution in [0.15, 0.2) is 4.52 Å². The van der Waals surface area contributed by atoms with E-state index in [1.165, 1.54) is 0 Å². The molecule has 1 aromatic rings. The summed E-state index contributed by atoms with van der Waals surface area (Å²) in [7, 11) is 0. The number of aryl methyl sites for hydroxylation is 1. The molecule has 1 saturated heterocycles. The van der Waals surface area contributed by atoms with E-state index in [-0.39, 0.29) is 31.4 Å². The Morgan fingerprint density at radius 1 is 1.65 bits per heavy atom. The molecule has 1 fully saturated rings. The van der Waals surface area contributed by atoms with E-state index in [0.29, 0.717) is 11.7 Å². The zero-order chi connectivity index (χ0) is 12.3. The Morgan fingerprint density at radius 2 is 2.47 bits per heavy atom. The number of hydrogen-bond acceptors (Lipinski definition) is 6. The minimum atomic E-state index is -0.420. The summed E-state index contributed by atoms with van der Waals surface area (Å²) >= 11 is 0. The maximum Gasteiger partial charge on any atom is 0.246 e. The Bertz CT molecular complexity index is 420. The highest BCUT2D eigenvalue weighted by molar-refractivity contribution is 5.86. The SMILES string of the molecule is Cc1noc(CNC(=O)C2CNC(=O)CN2)n1. The van der Waals surface area contributed by atoms with Crippen LogP contribution in [0.3, 0.4) is 0 Å². The zero-order valence-electron chi connectivity index (χ0n) is 9.32. The molecule has 0 radical (unpaired) electrons. The summed E-state index contributed by atoms with van der Waals surface area (Å²) in [5.41, 5.74) is 0. The molecule has 2 amide bonds. The van der Waals surface area contributed by atoms with Crippen molar-refractivity contribution >= 4 is 11.8 Å². The number of nitrogens with zero attached hydrogens (tertiary/aromatic N) is 2. The summed E-state index contributed by atoms with van der Waals surface area (Å²) in [6.07, 6.45) is 0. The van der Waals surface area contributed by atoms with Gasteiger partial charge < -0.3 is 15.2 Å². The van der Waals surface area contributed by atoms with E-state index in [4.69, 9.17) is 4.52 Å². The number of nitrogens with one attached hydrogen (secondary N) is 3. The lowest BCUT2D eigenvalue weighted by atomic mass is 10.2. The highest BCUT2D eigenvalue weighted by Gasteiger charge is 2.23. The molecular formula is C9H13N5O3. The lowest BCUT2D eigenvalue weighted by molar-refractivity contribution is -0.126. The normalized spacial score (nSPS) is 19.8. The quantitative estimate of drug-likeness (QED) is 0.567. The van der Waals surface area contributed by atoms with Gasteiger partial charge >= 0.3 is 0 Å². The van der Waals surface area contributed by atoms with Gasteiger partial charge in [0.1, 0.15) is 6.04 Å². The maximum absolute atomic E-state index is 11.7. The largest absolute Gasteiger partial charge is 0.353 e. The molecule has 92 valence electrons. The topological polar surface area (TPSA) is 109 Å². The second-order valence-corrected chi connectivity index (χ2v) is 3.69. The van der Waals surface area contributed by atoms with Gasteiger partial charge in [0.2, 0.25) is 17.7 Å². The van der Waals surface area contributed by atoms with Crippen LogP contribution in [0, 0.1) is 6.92 Å². The second kappa shape index (κ2) is 4.91. The van der Waals surface area contributed by atoms with Gasteiger partial charge in [-0.25, -0.2) is 0 Å². The first-order chi connectivity index (χ1) is 8.15. The second-order valence-electron chi connectivity index (χ2n) is 3.69. The van der Waals surface area contributed by atoms with Gasteiger partial charge in [-0.05, 0) is 6.92 Å². The highest BCUT2D eigenvalue weighted by atomic mass is 16.5. The predicted molar refractivity (Wildman–Crippen MR) is 55.7 cm³/mol. The molecule has 2 heterocycles. The third-order valence-electron chi connectivity index (χ3n) is 2.31. The molecular weight excluding hydrogens is 226 g/mol. The summed E-state index contributed by atoms with van der Waals surface area (Å²) in [4.78, 5) is 26.5. The standard InChI is InChI=1S/C9H13N5O3/c1-5-13-8(17-14-5)4-12-9(16)6-2-11-7(15)3-10-6/h6,10H,2-4H2,1H3,(H,11,15)(H,12,16). The van der Waals surface area contributed by atoms with Crippen LogP contribution in [-0.2, 0) is 16.1 Å². The van der Waals surface area contributed by atoms with Crippen molar-refractivity contribution in [1.29, 1.82) is 0 Å². The Balaban J connectivity index is 1.79. The van der Waals surface area contributed by atoms with Crippen LogP contribution in [0.1, 0.15) is 11.7 Å². The Morgan fingerprint density at radius 3 is 3.06 bits per heavy atom. The molecule has 0 aromatic carbocycles. The molecule has 2 rings (SSSR count). The van der Waals surface area contributed by atoms with Gasteiger partial charge in [-0.3, -0.25) is 14.9 Å². The van der Waals surface area contributed by atoms with Crippen LogP contribution in [0.5, 0.6) is 0 Å². The number of piperazine rings is 1. The summed E-state index contributed by atoms with van der Waals surface area (Å²) in [6.45, 7) is 2.32. The molecule has 0 aliphatic carbocycles. The van der Waals surface area contributed by atoms with Crippen molar-refractivity contribution in [2.75, 3.05) is 13.1 Å². The minimum Gasteiger partial charge on any atom is -0.353 e. The number of hydrogen-bond donors (Lipinski definition) is 3.